The molecule has 0 amide bonds. The molecule has 0 bridgehead atoms. The lowest BCUT2D eigenvalue weighted by Crippen LogP contribution is -2.49. The molecule has 0 unspecified atom stereocenters. The zero-order valence-corrected chi connectivity index (χ0v) is 18.7. The van der Waals surface area contributed by atoms with Crippen molar-refractivity contribution in [3.05, 3.63) is 28.8 Å². The number of guanidine groups is 1. The smallest absolute Gasteiger partial charge is 0.191 e. The van der Waals surface area contributed by atoms with E-state index >= 15 is 0 Å². The maximum Gasteiger partial charge on any atom is 0.191 e. The van der Waals surface area contributed by atoms with Gasteiger partial charge in [-0.2, -0.15) is 0 Å². The summed E-state index contributed by atoms with van der Waals surface area (Å²) >= 11 is 6.30. The molecule has 5 nitrogen and oxygen atoms in total. The monoisotopic (exact) mass is 492 g/mol. The Hall–Kier alpha value is -0.730. The molecule has 1 saturated carbocycles. The summed E-state index contributed by atoms with van der Waals surface area (Å²) in [5.74, 6) is 1.67. The van der Waals surface area contributed by atoms with Crippen LogP contribution in [-0.4, -0.2) is 56.7 Å². The Morgan fingerprint density at radius 2 is 2.00 bits per heavy atom. The minimum Gasteiger partial charge on any atom is -0.497 e. The van der Waals surface area contributed by atoms with Gasteiger partial charge >= 0.3 is 0 Å². The SMILES string of the molecule is CN=C(NCCc1ccc(OC)cc1Cl)NC1CCN(C2CC2)CC1.I. The molecular formula is C19H30ClIN4O. The second-order valence-corrected chi connectivity index (χ2v) is 7.30. The highest BCUT2D eigenvalue weighted by Crippen LogP contribution is 2.29. The van der Waals surface area contributed by atoms with Crippen molar-refractivity contribution in [3.63, 3.8) is 0 Å². The van der Waals surface area contributed by atoms with Crippen LogP contribution in [0.25, 0.3) is 0 Å². The number of nitrogens with zero attached hydrogens (tertiary/aromatic N) is 2. The molecule has 0 aromatic heterocycles. The molecule has 2 aliphatic rings. The van der Waals surface area contributed by atoms with E-state index < -0.39 is 0 Å². The molecule has 2 fully saturated rings. The number of rotatable bonds is 6. The Morgan fingerprint density at radius 1 is 1.27 bits per heavy atom. The van der Waals surface area contributed by atoms with Crippen molar-refractivity contribution in [2.45, 2.75) is 44.2 Å². The Balaban J connectivity index is 0.00000243. The number of benzene rings is 1. The number of nitrogens with one attached hydrogen (secondary N) is 2. The first kappa shape index (κ1) is 21.6. The number of hydrogen-bond donors (Lipinski definition) is 2. The maximum absolute atomic E-state index is 6.30. The average molecular weight is 493 g/mol. The summed E-state index contributed by atoms with van der Waals surface area (Å²) in [5, 5.41) is 7.71. The zero-order chi connectivity index (χ0) is 17.6. The van der Waals surface area contributed by atoms with E-state index in [2.05, 4.69) is 20.5 Å². The first-order chi connectivity index (χ1) is 12.2. The van der Waals surface area contributed by atoms with Gasteiger partial charge in [-0.15, -0.1) is 24.0 Å². The molecule has 1 saturated heterocycles. The molecule has 146 valence electrons. The highest BCUT2D eigenvalue weighted by Gasteiger charge is 2.31. The van der Waals surface area contributed by atoms with Gasteiger partial charge < -0.3 is 20.3 Å². The molecule has 7 heteroatoms. The Labute approximate surface area is 178 Å². The van der Waals surface area contributed by atoms with Gasteiger partial charge in [0.15, 0.2) is 5.96 Å². The largest absolute Gasteiger partial charge is 0.497 e. The lowest BCUT2D eigenvalue weighted by atomic mass is 10.1. The third kappa shape index (κ3) is 6.16. The number of piperidine rings is 1. The third-order valence-corrected chi connectivity index (χ3v) is 5.46. The molecule has 1 aliphatic heterocycles. The molecule has 0 radical (unpaired) electrons. The summed E-state index contributed by atoms with van der Waals surface area (Å²) in [7, 11) is 3.48. The second kappa shape index (κ2) is 10.6. The quantitative estimate of drug-likeness (QED) is 0.363. The zero-order valence-electron chi connectivity index (χ0n) is 15.6. The number of ether oxygens (including phenoxy) is 1. The number of halogens is 2. The summed E-state index contributed by atoms with van der Waals surface area (Å²) in [5.41, 5.74) is 1.11. The fraction of sp³-hybridized carbons (Fsp3) is 0.632. The van der Waals surface area contributed by atoms with Crippen LogP contribution in [0.3, 0.4) is 0 Å². The normalized spacial score (nSPS) is 19.0. The van der Waals surface area contributed by atoms with E-state index in [-0.39, 0.29) is 24.0 Å². The first-order valence-electron chi connectivity index (χ1n) is 9.23. The van der Waals surface area contributed by atoms with Gasteiger partial charge in [0.05, 0.1) is 7.11 Å². The number of likely N-dealkylation sites (tertiary alicyclic amines) is 1. The topological polar surface area (TPSA) is 48.9 Å². The molecule has 1 aliphatic carbocycles. The van der Waals surface area contributed by atoms with Crippen molar-refractivity contribution in [1.29, 1.82) is 0 Å². The summed E-state index contributed by atoms with van der Waals surface area (Å²) in [6.45, 7) is 3.22. The van der Waals surface area contributed by atoms with Crippen LogP contribution in [0.15, 0.2) is 23.2 Å². The molecule has 1 aromatic rings. The van der Waals surface area contributed by atoms with Gasteiger partial charge in [-0.1, -0.05) is 17.7 Å². The predicted octanol–water partition coefficient (Wildman–Crippen LogP) is 3.30. The van der Waals surface area contributed by atoms with Crippen molar-refractivity contribution in [1.82, 2.24) is 15.5 Å². The van der Waals surface area contributed by atoms with Crippen molar-refractivity contribution in [2.75, 3.05) is 33.8 Å². The van der Waals surface area contributed by atoms with Crippen LogP contribution in [0.2, 0.25) is 5.02 Å². The van der Waals surface area contributed by atoms with Crippen molar-refractivity contribution in [3.8, 4) is 5.75 Å². The Kier molecular flexibility index (Phi) is 8.76. The van der Waals surface area contributed by atoms with E-state index in [9.17, 15) is 0 Å². The Bertz CT molecular complexity index is 601. The summed E-state index contributed by atoms with van der Waals surface area (Å²) in [6, 6.07) is 7.23. The van der Waals surface area contributed by atoms with E-state index in [0.717, 1.165) is 41.3 Å². The van der Waals surface area contributed by atoms with Gasteiger partial charge in [-0.25, -0.2) is 0 Å². The van der Waals surface area contributed by atoms with Gasteiger partial charge in [-0.3, -0.25) is 4.99 Å². The number of hydrogen-bond acceptors (Lipinski definition) is 3. The van der Waals surface area contributed by atoms with Gasteiger partial charge in [0.2, 0.25) is 0 Å². The van der Waals surface area contributed by atoms with E-state index in [0.29, 0.717) is 6.04 Å². The van der Waals surface area contributed by atoms with Gasteiger partial charge in [0, 0.05) is 43.8 Å². The van der Waals surface area contributed by atoms with Gasteiger partial charge in [0.25, 0.3) is 0 Å². The highest BCUT2D eigenvalue weighted by atomic mass is 127. The van der Waals surface area contributed by atoms with Crippen LogP contribution >= 0.6 is 35.6 Å². The van der Waals surface area contributed by atoms with Crippen LogP contribution in [0, 0.1) is 0 Å². The van der Waals surface area contributed by atoms with Crippen molar-refractivity contribution in [2.24, 2.45) is 4.99 Å². The highest BCUT2D eigenvalue weighted by molar-refractivity contribution is 14.0. The first-order valence-corrected chi connectivity index (χ1v) is 9.61. The lowest BCUT2D eigenvalue weighted by Gasteiger charge is -2.33. The van der Waals surface area contributed by atoms with Crippen LogP contribution in [0.1, 0.15) is 31.2 Å². The average Bonchev–Trinajstić information content (AvgIpc) is 3.47. The number of aliphatic imine (C=N–C) groups is 1. The third-order valence-electron chi connectivity index (χ3n) is 5.10. The van der Waals surface area contributed by atoms with E-state index in [1.54, 1.807) is 7.11 Å². The predicted molar refractivity (Wildman–Crippen MR) is 119 cm³/mol. The minimum atomic E-state index is 0. The van der Waals surface area contributed by atoms with E-state index in [1.807, 2.05) is 25.2 Å². The fourth-order valence-corrected chi connectivity index (χ4v) is 3.67. The van der Waals surface area contributed by atoms with Crippen LogP contribution in [-0.2, 0) is 6.42 Å². The standard InChI is InChI=1S/C19H29ClN4O.HI/c1-21-19(23-15-8-11-24(12-9-15)16-4-5-16)22-10-7-14-3-6-17(25-2)13-18(14)20;/h3,6,13,15-16H,4-5,7-12H2,1-2H3,(H2,21,22,23);1H. The van der Waals surface area contributed by atoms with Crippen LogP contribution in [0.5, 0.6) is 5.75 Å². The Morgan fingerprint density at radius 3 is 2.58 bits per heavy atom. The van der Waals surface area contributed by atoms with Crippen LogP contribution in [0.4, 0.5) is 0 Å². The van der Waals surface area contributed by atoms with E-state index in [1.165, 1.54) is 38.8 Å². The minimum absolute atomic E-state index is 0. The fourth-order valence-electron chi connectivity index (χ4n) is 3.41. The van der Waals surface area contributed by atoms with Crippen molar-refractivity contribution < 1.29 is 4.74 Å². The molecular weight excluding hydrogens is 463 g/mol. The number of methoxy groups -OCH3 is 1. The molecule has 2 N–H and O–H groups in total. The summed E-state index contributed by atoms with van der Waals surface area (Å²) in [4.78, 5) is 7.00. The lowest BCUT2D eigenvalue weighted by molar-refractivity contribution is 0.197. The molecule has 26 heavy (non-hydrogen) atoms. The molecule has 1 heterocycles. The van der Waals surface area contributed by atoms with E-state index in [4.69, 9.17) is 16.3 Å². The van der Waals surface area contributed by atoms with Gasteiger partial charge in [-0.05, 0) is 49.8 Å². The molecule has 0 spiro atoms. The van der Waals surface area contributed by atoms with Crippen molar-refractivity contribution >= 4 is 41.5 Å². The van der Waals surface area contributed by atoms with Crippen LogP contribution < -0.4 is 15.4 Å². The molecule has 3 rings (SSSR count). The summed E-state index contributed by atoms with van der Waals surface area (Å²) in [6.07, 6.45) is 6.04. The summed E-state index contributed by atoms with van der Waals surface area (Å²) < 4.78 is 5.19. The maximum atomic E-state index is 6.30. The van der Waals surface area contributed by atoms with Gasteiger partial charge in [0.1, 0.15) is 5.75 Å². The second-order valence-electron chi connectivity index (χ2n) is 6.89. The molecule has 0 atom stereocenters. The molecule has 1 aromatic carbocycles.